The Balaban J connectivity index is 1.94. The first-order valence-electron chi connectivity index (χ1n) is 7.47. The van der Waals surface area contributed by atoms with E-state index >= 15 is 0 Å². The van der Waals surface area contributed by atoms with Gasteiger partial charge in [-0.25, -0.2) is 0 Å². The van der Waals surface area contributed by atoms with Gasteiger partial charge in [-0.1, -0.05) is 6.42 Å². The van der Waals surface area contributed by atoms with Gasteiger partial charge in [0.15, 0.2) is 0 Å². The van der Waals surface area contributed by atoms with Crippen LogP contribution in [0.3, 0.4) is 0 Å². The first-order chi connectivity index (χ1) is 9.99. The lowest BCUT2D eigenvalue weighted by atomic mass is 9.87. The molecule has 1 saturated carbocycles. The Labute approximate surface area is 124 Å². The molecule has 1 aromatic rings. The maximum atomic E-state index is 11.1. The third-order valence-corrected chi connectivity index (χ3v) is 4.24. The van der Waals surface area contributed by atoms with Crippen molar-refractivity contribution in [3.05, 3.63) is 33.1 Å². The van der Waals surface area contributed by atoms with E-state index in [0.717, 1.165) is 37.9 Å². The van der Waals surface area contributed by atoms with Crippen LogP contribution in [0, 0.1) is 29.9 Å². The van der Waals surface area contributed by atoms with Crippen LogP contribution in [0.15, 0.2) is 6.20 Å². The highest BCUT2D eigenvalue weighted by atomic mass is 16.6. The maximum Gasteiger partial charge on any atom is 0.278 e. The molecule has 1 aliphatic rings. The van der Waals surface area contributed by atoms with Crippen molar-refractivity contribution in [2.24, 2.45) is 5.92 Å². The second kappa shape index (κ2) is 6.95. The predicted molar refractivity (Wildman–Crippen MR) is 80.0 cm³/mol. The first kappa shape index (κ1) is 15.9. The minimum absolute atomic E-state index is 0.162. The number of hydrogen-bond acceptors (Lipinski definition) is 5. The summed E-state index contributed by atoms with van der Waals surface area (Å²) >= 11 is 0. The van der Waals surface area contributed by atoms with E-state index in [0.29, 0.717) is 23.6 Å². The average molecular weight is 293 g/mol. The summed E-state index contributed by atoms with van der Waals surface area (Å²) in [6.07, 6.45) is 5.33. The zero-order valence-electron chi connectivity index (χ0n) is 12.6. The van der Waals surface area contributed by atoms with E-state index < -0.39 is 0 Å². The van der Waals surface area contributed by atoms with Crippen molar-refractivity contribution in [2.45, 2.75) is 52.2 Å². The molecule has 6 heteroatoms. The molecule has 2 atom stereocenters. The van der Waals surface area contributed by atoms with Gasteiger partial charge in [0.1, 0.15) is 0 Å². The van der Waals surface area contributed by atoms with Crippen LogP contribution in [0.1, 0.15) is 42.5 Å². The number of rotatable bonds is 5. The van der Waals surface area contributed by atoms with Crippen LogP contribution in [-0.4, -0.2) is 27.7 Å². The summed E-state index contributed by atoms with van der Waals surface area (Å²) in [5, 5.41) is 24.1. The molecule has 0 saturated heterocycles. The lowest BCUT2D eigenvalue weighted by Crippen LogP contribution is -2.29. The van der Waals surface area contributed by atoms with Crippen LogP contribution in [0.25, 0.3) is 0 Å². The summed E-state index contributed by atoms with van der Waals surface area (Å²) in [6, 6.07) is 0. The van der Waals surface area contributed by atoms with Crippen LogP contribution in [0.4, 0.5) is 5.69 Å². The van der Waals surface area contributed by atoms with Crippen molar-refractivity contribution in [3.8, 4) is 0 Å². The zero-order chi connectivity index (χ0) is 15.4. The molecule has 6 nitrogen and oxygen atoms in total. The molecule has 0 radical (unpaired) electrons. The Morgan fingerprint density at radius 3 is 2.90 bits per heavy atom. The normalized spacial score (nSPS) is 22.2. The number of aliphatic hydroxyl groups is 1. The van der Waals surface area contributed by atoms with Gasteiger partial charge in [0, 0.05) is 23.9 Å². The van der Waals surface area contributed by atoms with E-state index in [4.69, 9.17) is 0 Å². The highest BCUT2D eigenvalue weighted by molar-refractivity contribution is 5.47. The molecule has 1 heterocycles. The summed E-state index contributed by atoms with van der Waals surface area (Å²) < 4.78 is 0. The van der Waals surface area contributed by atoms with E-state index in [1.807, 2.05) is 0 Å². The van der Waals surface area contributed by atoms with E-state index in [-0.39, 0.29) is 16.7 Å². The van der Waals surface area contributed by atoms with E-state index in [1.54, 1.807) is 20.0 Å². The lowest BCUT2D eigenvalue weighted by molar-refractivity contribution is -0.386. The Hall–Kier alpha value is -1.53. The topological polar surface area (TPSA) is 88.3 Å². The SMILES string of the molecule is Cc1cnc(CNCC2CCCC(O)C2)c(C)c1[N+](=O)[O-]. The summed E-state index contributed by atoms with van der Waals surface area (Å²) in [6.45, 7) is 4.80. The molecule has 0 aliphatic heterocycles. The van der Waals surface area contributed by atoms with Gasteiger partial charge >= 0.3 is 0 Å². The minimum Gasteiger partial charge on any atom is -0.393 e. The molecule has 116 valence electrons. The van der Waals surface area contributed by atoms with E-state index in [1.165, 1.54) is 0 Å². The molecule has 0 spiro atoms. The van der Waals surface area contributed by atoms with Crippen molar-refractivity contribution < 1.29 is 10.0 Å². The van der Waals surface area contributed by atoms with Crippen LogP contribution in [0.2, 0.25) is 0 Å². The summed E-state index contributed by atoms with van der Waals surface area (Å²) in [4.78, 5) is 15.0. The molecule has 2 rings (SSSR count). The molecule has 0 bridgehead atoms. The van der Waals surface area contributed by atoms with Crippen molar-refractivity contribution in [1.82, 2.24) is 10.3 Å². The van der Waals surface area contributed by atoms with Gasteiger partial charge in [-0.15, -0.1) is 0 Å². The second-order valence-electron chi connectivity index (χ2n) is 5.94. The maximum absolute atomic E-state index is 11.1. The molecular formula is C15H23N3O3. The fraction of sp³-hybridized carbons (Fsp3) is 0.667. The van der Waals surface area contributed by atoms with Gasteiger partial charge in [0.2, 0.25) is 0 Å². The number of aliphatic hydroxyl groups excluding tert-OH is 1. The quantitative estimate of drug-likeness (QED) is 0.642. The Bertz CT molecular complexity index is 519. The fourth-order valence-electron chi connectivity index (χ4n) is 3.07. The molecule has 1 aromatic heterocycles. The third-order valence-electron chi connectivity index (χ3n) is 4.24. The van der Waals surface area contributed by atoms with Crippen molar-refractivity contribution in [2.75, 3.05) is 6.54 Å². The van der Waals surface area contributed by atoms with Gasteiger partial charge in [0.05, 0.1) is 16.7 Å². The van der Waals surface area contributed by atoms with Gasteiger partial charge in [-0.2, -0.15) is 0 Å². The highest BCUT2D eigenvalue weighted by Crippen LogP contribution is 2.25. The predicted octanol–water partition coefficient (Wildman–Crippen LogP) is 2.25. The Kier molecular flexibility index (Phi) is 5.25. The molecule has 2 unspecified atom stereocenters. The molecule has 1 fully saturated rings. The third kappa shape index (κ3) is 3.98. The highest BCUT2D eigenvalue weighted by Gasteiger charge is 2.21. The van der Waals surface area contributed by atoms with Crippen molar-refractivity contribution in [3.63, 3.8) is 0 Å². The minimum atomic E-state index is -0.340. The molecule has 0 aromatic carbocycles. The summed E-state index contributed by atoms with van der Waals surface area (Å²) in [5.41, 5.74) is 2.12. The number of hydrogen-bond donors (Lipinski definition) is 2. The van der Waals surface area contributed by atoms with Gasteiger partial charge < -0.3 is 10.4 Å². The number of pyridine rings is 1. The number of nitrogens with zero attached hydrogens (tertiary/aromatic N) is 2. The second-order valence-corrected chi connectivity index (χ2v) is 5.94. The largest absolute Gasteiger partial charge is 0.393 e. The van der Waals surface area contributed by atoms with E-state index in [9.17, 15) is 15.2 Å². The van der Waals surface area contributed by atoms with Crippen LogP contribution in [-0.2, 0) is 6.54 Å². The van der Waals surface area contributed by atoms with E-state index in [2.05, 4.69) is 10.3 Å². The van der Waals surface area contributed by atoms with Crippen LogP contribution < -0.4 is 5.32 Å². The smallest absolute Gasteiger partial charge is 0.278 e. The fourth-order valence-corrected chi connectivity index (χ4v) is 3.07. The zero-order valence-corrected chi connectivity index (χ0v) is 12.6. The Morgan fingerprint density at radius 1 is 1.48 bits per heavy atom. The van der Waals surface area contributed by atoms with Gasteiger partial charge in [0.25, 0.3) is 5.69 Å². The standard InChI is InChI=1S/C15H23N3O3/c1-10-7-17-14(11(2)15(10)18(20)21)9-16-8-12-4-3-5-13(19)6-12/h7,12-13,16,19H,3-6,8-9H2,1-2H3. The number of nitrogens with one attached hydrogen (secondary N) is 1. The molecular weight excluding hydrogens is 270 g/mol. The molecule has 2 N–H and O–H groups in total. The average Bonchev–Trinajstić information content (AvgIpc) is 2.41. The monoisotopic (exact) mass is 293 g/mol. The van der Waals surface area contributed by atoms with Gasteiger partial charge in [-0.05, 0) is 45.6 Å². The number of aryl methyl sites for hydroxylation is 1. The van der Waals surface area contributed by atoms with Crippen LogP contribution in [0.5, 0.6) is 0 Å². The number of nitro groups is 1. The lowest BCUT2D eigenvalue weighted by Gasteiger charge is -2.26. The molecule has 1 aliphatic carbocycles. The van der Waals surface area contributed by atoms with Crippen molar-refractivity contribution in [1.29, 1.82) is 0 Å². The van der Waals surface area contributed by atoms with Crippen molar-refractivity contribution >= 4 is 5.69 Å². The first-order valence-corrected chi connectivity index (χ1v) is 7.47. The Morgan fingerprint density at radius 2 is 2.24 bits per heavy atom. The number of aromatic nitrogens is 1. The summed E-state index contributed by atoms with van der Waals surface area (Å²) in [5.74, 6) is 0.481. The summed E-state index contributed by atoms with van der Waals surface area (Å²) in [7, 11) is 0. The molecule has 0 amide bonds. The molecule has 21 heavy (non-hydrogen) atoms. The van der Waals surface area contributed by atoms with Gasteiger partial charge in [-0.3, -0.25) is 15.1 Å². The van der Waals surface area contributed by atoms with Crippen LogP contribution >= 0.6 is 0 Å².